The van der Waals surface area contributed by atoms with Crippen LogP contribution in [0.15, 0.2) is 0 Å². The zero-order valence-corrected chi connectivity index (χ0v) is 6.75. The van der Waals surface area contributed by atoms with E-state index in [1.54, 1.807) is 0 Å². The van der Waals surface area contributed by atoms with Gasteiger partial charge in [-0.1, -0.05) is 0 Å². The standard InChI is InChI=1S/Na.OS.Se/c;1-2;. The van der Waals surface area contributed by atoms with E-state index in [2.05, 4.69) is 12.5 Å². The smallest absolute Gasteiger partial charge is 0.197 e. The van der Waals surface area contributed by atoms with E-state index in [1.165, 1.54) is 0 Å². The van der Waals surface area contributed by atoms with Gasteiger partial charge in [-0.15, -0.1) is 0 Å². The van der Waals surface area contributed by atoms with Crippen molar-refractivity contribution in [2.45, 2.75) is 0 Å². The summed E-state index contributed by atoms with van der Waals surface area (Å²) in [7, 11) is 0. The molecule has 0 aliphatic heterocycles. The summed E-state index contributed by atoms with van der Waals surface area (Å²) in [6, 6.07) is 0. The van der Waals surface area contributed by atoms with E-state index in [0.717, 1.165) is 0 Å². The van der Waals surface area contributed by atoms with Crippen LogP contribution in [0.1, 0.15) is 0 Å². The number of hydrogen-bond acceptors (Lipinski definition) is 2. The predicted molar refractivity (Wildman–Crippen MR) is 19.7 cm³/mol. The summed E-state index contributed by atoms with van der Waals surface area (Å²) in [4.78, 5) is 0. The number of rotatable bonds is 0. The fourth-order valence-corrected chi connectivity index (χ4v) is 0. The number of hydrogen-bond donors (Lipinski definition) is 0. The molecule has 0 saturated carbocycles. The first-order valence-corrected chi connectivity index (χ1v) is 0.500. The van der Waals surface area contributed by atoms with Crippen molar-refractivity contribution in [2.24, 2.45) is 0 Å². The predicted octanol–water partition coefficient (Wildman–Crippen LogP) is -1.10. The molecule has 1 nitrogen and oxygen atoms in total. The first kappa shape index (κ1) is 17.7. The van der Waals surface area contributed by atoms with Crippen molar-refractivity contribution >= 4 is 59.2 Å². The third-order valence-corrected chi connectivity index (χ3v) is 0. The Labute approximate surface area is 62.8 Å². The van der Waals surface area contributed by atoms with Crippen molar-refractivity contribution in [1.82, 2.24) is 0 Å². The van der Waals surface area contributed by atoms with Crippen LogP contribution < -0.4 is 0 Å². The van der Waals surface area contributed by atoms with E-state index < -0.39 is 0 Å². The Kier molecular flexibility index (Phi) is 106. The van der Waals surface area contributed by atoms with Crippen molar-refractivity contribution in [3.05, 3.63) is 0 Å². The van der Waals surface area contributed by atoms with Gasteiger partial charge in [0.2, 0.25) is 0 Å². The van der Waals surface area contributed by atoms with Crippen LogP contribution in [-0.2, 0) is 12.5 Å². The van der Waals surface area contributed by atoms with Gasteiger partial charge in [0.15, 0.2) is 12.5 Å². The largest absolute Gasteiger partial charge is 0.197 e. The van der Waals surface area contributed by atoms with Gasteiger partial charge >= 0.3 is 0 Å². The van der Waals surface area contributed by atoms with E-state index in [0.29, 0.717) is 0 Å². The van der Waals surface area contributed by atoms with Gasteiger partial charge in [0.1, 0.15) is 0 Å². The summed E-state index contributed by atoms with van der Waals surface area (Å²) in [6.45, 7) is 0. The fourth-order valence-electron chi connectivity index (χ4n) is 0. The monoisotopic (exact) mass is 151 g/mol. The quantitative estimate of drug-likeness (QED) is 0.408. The first-order chi connectivity index (χ1) is 1.00. The van der Waals surface area contributed by atoms with E-state index >= 15 is 0 Å². The second kappa shape index (κ2) is 24.0. The first-order valence-electron chi connectivity index (χ1n) is 0.167. The van der Waals surface area contributed by atoms with E-state index in [1.807, 2.05) is 0 Å². The van der Waals surface area contributed by atoms with Crippen molar-refractivity contribution in [2.75, 3.05) is 0 Å². The zero-order chi connectivity index (χ0) is 2.00. The van der Waals surface area contributed by atoms with Crippen LogP contribution in [0.25, 0.3) is 0 Å². The van der Waals surface area contributed by atoms with Gasteiger partial charge in [0.05, 0.1) is 0 Å². The topological polar surface area (TPSA) is 17.1 Å². The Morgan fingerprint density at radius 2 is 1.25 bits per heavy atom. The van der Waals surface area contributed by atoms with Crippen LogP contribution in [0.2, 0.25) is 0 Å². The molecule has 0 N–H and O–H groups in total. The third-order valence-electron chi connectivity index (χ3n) is 0. The van der Waals surface area contributed by atoms with E-state index in [-0.39, 0.29) is 46.6 Å². The Hall–Kier alpha value is 1.54. The van der Waals surface area contributed by atoms with E-state index in [4.69, 9.17) is 4.21 Å². The second-order valence-electron chi connectivity index (χ2n) is 0. The molecule has 0 atom stereocenters. The van der Waals surface area contributed by atoms with Crippen LogP contribution in [0, 0.1) is 0 Å². The molecule has 0 rings (SSSR count). The van der Waals surface area contributed by atoms with Gasteiger partial charge < -0.3 is 0 Å². The minimum absolute atomic E-state index is 0. The SMILES string of the molecule is O=S.[Na].[Se]. The molecule has 0 unspecified atom stereocenters. The van der Waals surface area contributed by atoms with Gasteiger partial charge in [-0.2, -0.15) is 4.21 Å². The van der Waals surface area contributed by atoms with Gasteiger partial charge in [0.25, 0.3) is 0 Å². The summed E-state index contributed by atoms with van der Waals surface area (Å²) in [5.74, 6) is 0. The Morgan fingerprint density at radius 3 is 1.25 bits per heavy atom. The van der Waals surface area contributed by atoms with Crippen LogP contribution in [0.4, 0.5) is 0 Å². The summed E-state index contributed by atoms with van der Waals surface area (Å²) < 4.78 is 7.83. The van der Waals surface area contributed by atoms with Crippen LogP contribution in [-0.4, -0.2) is 50.8 Å². The van der Waals surface area contributed by atoms with Gasteiger partial charge in [-0.25, -0.2) is 0 Å². The Balaban J connectivity index is -0.00000000500. The molecule has 4 heteroatoms. The van der Waals surface area contributed by atoms with Crippen molar-refractivity contribution < 1.29 is 4.21 Å². The molecule has 0 bridgehead atoms. The van der Waals surface area contributed by atoms with Crippen molar-refractivity contribution in [3.8, 4) is 0 Å². The Morgan fingerprint density at radius 1 is 1.25 bits per heavy atom. The molecule has 0 aliphatic carbocycles. The summed E-state index contributed by atoms with van der Waals surface area (Å²) in [5, 5.41) is 0. The van der Waals surface area contributed by atoms with Crippen molar-refractivity contribution in [3.63, 3.8) is 0 Å². The van der Waals surface area contributed by atoms with E-state index in [9.17, 15) is 0 Å². The maximum Gasteiger partial charge on any atom is 0.197 e. The molecule has 0 fully saturated rings. The Bertz CT molecular complexity index is 8.00. The molecular formula is NaOSSe. The molecule has 3 radical (unpaired) electrons. The second-order valence-corrected chi connectivity index (χ2v) is 0. The molecule has 0 aromatic rings. The van der Waals surface area contributed by atoms with Crippen LogP contribution in [0.3, 0.4) is 0 Å². The average Bonchev–Trinajstić information content (AvgIpc) is 1.00. The minimum Gasteiger partial charge on any atom is -0.197 e. The minimum atomic E-state index is 0. The van der Waals surface area contributed by atoms with Gasteiger partial charge in [-0.3, -0.25) is 0 Å². The molecule has 19 valence electrons. The van der Waals surface area contributed by atoms with Gasteiger partial charge in [-0.05, 0) is 0 Å². The molecule has 0 saturated heterocycles. The summed E-state index contributed by atoms with van der Waals surface area (Å²) >= 11 is 2.83. The third kappa shape index (κ3) is 9.63. The van der Waals surface area contributed by atoms with Crippen LogP contribution in [0.5, 0.6) is 0 Å². The average molecular weight is 150 g/mol. The molecule has 0 aromatic carbocycles. The molecular weight excluding hydrogens is 150 g/mol. The van der Waals surface area contributed by atoms with Gasteiger partial charge in [0, 0.05) is 46.6 Å². The molecule has 0 heterocycles. The van der Waals surface area contributed by atoms with Crippen molar-refractivity contribution in [1.29, 1.82) is 0 Å². The normalized spacial score (nSPS) is 1.00. The molecule has 0 spiro atoms. The summed E-state index contributed by atoms with van der Waals surface area (Å²) in [5.41, 5.74) is 0. The molecule has 0 aliphatic rings. The maximum atomic E-state index is 7.83. The fraction of sp³-hybridized carbons (Fsp3) is 0. The maximum absolute atomic E-state index is 7.83. The molecule has 4 heavy (non-hydrogen) atoms. The summed E-state index contributed by atoms with van der Waals surface area (Å²) in [6.07, 6.45) is 0. The molecule has 0 amide bonds. The molecule has 0 aromatic heterocycles. The van der Waals surface area contributed by atoms with Crippen LogP contribution >= 0.6 is 0 Å². The zero-order valence-electron chi connectivity index (χ0n) is 2.22.